The van der Waals surface area contributed by atoms with Gasteiger partial charge in [0.15, 0.2) is 15.1 Å². The van der Waals surface area contributed by atoms with Crippen LogP contribution in [0.15, 0.2) is 59.5 Å². The molecule has 0 fully saturated rings. The molecule has 7 nitrogen and oxygen atoms in total. The third kappa shape index (κ3) is 4.64. The van der Waals surface area contributed by atoms with Crippen molar-refractivity contribution in [3.8, 4) is 0 Å². The lowest BCUT2D eigenvalue weighted by Gasteiger charge is -2.14. The van der Waals surface area contributed by atoms with E-state index in [9.17, 15) is 18.0 Å². The van der Waals surface area contributed by atoms with Crippen LogP contribution in [0.5, 0.6) is 0 Å². The Kier molecular flexibility index (Phi) is 5.60. The monoisotopic (exact) mass is 400 g/mol. The number of benzene rings is 1. The summed E-state index contributed by atoms with van der Waals surface area (Å²) < 4.78 is 30.7. The Morgan fingerprint density at radius 1 is 1.18 bits per heavy atom. The van der Waals surface area contributed by atoms with Crippen molar-refractivity contribution < 1.29 is 17.9 Å². The highest BCUT2D eigenvalue weighted by molar-refractivity contribution is 7.92. The van der Waals surface area contributed by atoms with E-state index in [0.717, 1.165) is 11.8 Å². The molecule has 0 spiro atoms. The summed E-state index contributed by atoms with van der Waals surface area (Å²) >= 11 is 0. The standard InChI is InChI=1S/C20H20N2O5S/c1-14-8-9-18-21-16(11-19(23)22(18)12-14)13-27-20(24)17(28(2,25)26)10-15-6-4-3-5-7-15/h3-9,11-12,17H,10,13H2,1-2H3. The number of esters is 1. The number of ether oxygens (including phenoxy) is 1. The normalized spacial score (nSPS) is 12.6. The quantitative estimate of drug-likeness (QED) is 0.585. The SMILES string of the molecule is Cc1ccc2nc(COC(=O)C(Cc3ccccc3)S(C)(=O)=O)cc(=O)n2c1. The van der Waals surface area contributed by atoms with Gasteiger partial charge in [0.2, 0.25) is 0 Å². The van der Waals surface area contributed by atoms with Crippen molar-refractivity contribution in [2.24, 2.45) is 0 Å². The summed E-state index contributed by atoms with van der Waals surface area (Å²) in [6.45, 7) is 1.58. The Morgan fingerprint density at radius 2 is 1.89 bits per heavy atom. The minimum atomic E-state index is -3.68. The van der Waals surface area contributed by atoms with Crippen LogP contribution in [0.25, 0.3) is 5.65 Å². The summed E-state index contributed by atoms with van der Waals surface area (Å²) in [5.41, 5.74) is 2.01. The molecule has 0 bridgehead atoms. The zero-order chi connectivity index (χ0) is 20.3. The maximum absolute atomic E-state index is 12.4. The number of fused-ring (bicyclic) bond motifs is 1. The van der Waals surface area contributed by atoms with Crippen LogP contribution in [-0.4, -0.2) is 35.3 Å². The Bertz CT molecular complexity index is 1170. The van der Waals surface area contributed by atoms with E-state index in [0.29, 0.717) is 11.2 Å². The number of carbonyl (C=O) groups excluding carboxylic acids is 1. The van der Waals surface area contributed by atoms with Crippen LogP contribution in [-0.2, 0) is 32.4 Å². The number of sulfone groups is 1. The number of hydrogen-bond donors (Lipinski definition) is 0. The number of pyridine rings is 1. The zero-order valence-electron chi connectivity index (χ0n) is 15.5. The van der Waals surface area contributed by atoms with Crippen LogP contribution < -0.4 is 5.56 Å². The third-order valence-corrected chi connectivity index (χ3v) is 5.66. The van der Waals surface area contributed by atoms with E-state index in [1.807, 2.05) is 19.1 Å². The topological polar surface area (TPSA) is 94.8 Å². The molecule has 2 heterocycles. The first-order chi connectivity index (χ1) is 13.2. The lowest BCUT2D eigenvalue weighted by atomic mass is 10.1. The lowest BCUT2D eigenvalue weighted by Crippen LogP contribution is -2.33. The first-order valence-electron chi connectivity index (χ1n) is 8.62. The van der Waals surface area contributed by atoms with Crippen LogP contribution >= 0.6 is 0 Å². The molecule has 0 amide bonds. The molecule has 0 radical (unpaired) electrons. The largest absolute Gasteiger partial charge is 0.458 e. The summed E-state index contributed by atoms with van der Waals surface area (Å²) in [7, 11) is -3.68. The second kappa shape index (κ2) is 7.93. The van der Waals surface area contributed by atoms with Gasteiger partial charge in [-0.15, -0.1) is 0 Å². The number of rotatable bonds is 6. The number of aromatic nitrogens is 2. The number of hydrogen-bond acceptors (Lipinski definition) is 6. The summed E-state index contributed by atoms with van der Waals surface area (Å²) in [5, 5.41) is -1.32. The molecular formula is C20H20N2O5S. The first-order valence-corrected chi connectivity index (χ1v) is 10.6. The summed E-state index contributed by atoms with van der Waals surface area (Å²) in [6.07, 6.45) is 2.69. The van der Waals surface area contributed by atoms with E-state index in [1.165, 1.54) is 10.5 Å². The zero-order valence-corrected chi connectivity index (χ0v) is 16.3. The van der Waals surface area contributed by atoms with E-state index in [1.54, 1.807) is 36.5 Å². The maximum Gasteiger partial charge on any atom is 0.325 e. The fourth-order valence-corrected chi connectivity index (χ4v) is 3.72. The second-order valence-corrected chi connectivity index (χ2v) is 8.86. The summed E-state index contributed by atoms with van der Waals surface area (Å²) in [5.74, 6) is -0.864. The fraction of sp³-hybridized carbons (Fsp3) is 0.250. The fourth-order valence-electron chi connectivity index (χ4n) is 2.81. The lowest BCUT2D eigenvalue weighted by molar-refractivity contribution is -0.144. The minimum Gasteiger partial charge on any atom is -0.458 e. The average molecular weight is 400 g/mol. The van der Waals surface area contributed by atoms with Crippen LogP contribution in [0.4, 0.5) is 0 Å². The van der Waals surface area contributed by atoms with Crippen molar-refractivity contribution in [2.75, 3.05) is 6.26 Å². The van der Waals surface area contributed by atoms with Crippen molar-refractivity contribution in [2.45, 2.75) is 25.2 Å². The van der Waals surface area contributed by atoms with Gasteiger partial charge in [-0.25, -0.2) is 13.4 Å². The molecule has 2 aromatic heterocycles. The predicted molar refractivity (Wildman–Crippen MR) is 105 cm³/mol. The molecule has 28 heavy (non-hydrogen) atoms. The number of aryl methyl sites for hydroxylation is 1. The van der Waals surface area contributed by atoms with Gasteiger partial charge in [-0.05, 0) is 30.5 Å². The van der Waals surface area contributed by atoms with Crippen molar-refractivity contribution in [3.05, 3.63) is 81.9 Å². The molecule has 0 aliphatic heterocycles. The molecule has 3 rings (SSSR count). The molecule has 1 aromatic carbocycles. The van der Waals surface area contributed by atoms with Gasteiger partial charge in [0.05, 0.1) is 5.69 Å². The molecule has 3 aromatic rings. The second-order valence-electron chi connectivity index (χ2n) is 6.64. The van der Waals surface area contributed by atoms with Crippen LogP contribution in [0.2, 0.25) is 0 Å². The van der Waals surface area contributed by atoms with E-state index in [-0.39, 0.29) is 24.3 Å². The van der Waals surface area contributed by atoms with E-state index in [4.69, 9.17) is 4.74 Å². The maximum atomic E-state index is 12.4. The number of carbonyl (C=O) groups is 1. The highest BCUT2D eigenvalue weighted by Crippen LogP contribution is 2.12. The molecule has 0 saturated heterocycles. The van der Waals surface area contributed by atoms with E-state index < -0.39 is 21.1 Å². The van der Waals surface area contributed by atoms with Gasteiger partial charge in [-0.2, -0.15) is 0 Å². The van der Waals surface area contributed by atoms with Gasteiger partial charge in [0.25, 0.3) is 5.56 Å². The van der Waals surface area contributed by atoms with Crippen LogP contribution in [0.3, 0.4) is 0 Å². The van der Waals surface area contributed by atoms with Crippen LogP contribution in [0.1, 0.15) is 16.8 Å². The predicted octanol–water partition coefficient (Wildman–Crippen LogP) is 1.70. The summed E-state index contributed by atoms with van der Waals surface area (Å²) in [6, 6.07) is 13.6. The Hall–Kier alpha value is -3.00. The van der Waals surface area contributed by atoms with Crippen molar-refractivity contribution >= 4 is 21.5 Å². The van der Waals surface area contributed by atoms with Crippen molar-refractivity contribution in [1.82, 2.24) is 9.38 Å². The number of nitrogens with zero attached hydrogens (tertiary/aromatic N) is 2. The van der Waals surface area contributed by atoms with Crippen LogP contribution in [0, 0.1) is 6.92 Å². The van der Waals surface area contributed by atoms with Gasteiger partial charge < -0.3 is 4.74 Å². The molecule has 146 valence electrons. The van der Waals surface area contributed by atoms with Crippen molar-refractivity contribution in [3.63, 3.8) is 0 Å². The van der Waals surface area contributed by atoms with Gasteiger partial charge >= 0.3 is 5.97 Å². The Labute approximate surface area is 162 Å². The Balaban J connectivity index is 1.78. The molecule has 1 atom stereocenters. The molecule has 0 N–H and O–H groups in total. The molecular weight excluding hydrogens is 380 g/mol. The van der Waals surface area contributed by atoms with Gasteiger partial charge in [-0.1, -0.05) is 36.4 Å². The molecule has 8 heteroatoms. The molecule has 0 saturated carbocycles. The van der Waals surface area contributed by atoms with Gasteiger partial charge in [-0.3, -0.25) is 14.0 Å². The molecule has 0 aliphatic rings. The van der Waals surface area contributed by atoms with E-state index >= 15 is 0 Å². The van der Waals surface area contributed by atoms with Gasteiger partial charge in [0.1, 0.15) is 12.3 Å². The molecule has 1 unspecified atom stereocenters. The highest BCUT2D eigenvalue weighted by Gasteiger charge is 2.30. The summed E-state index contributed by atoms with van der Waals surface area (Å²) in [4.78, 5) is 29.0. The van der Waals surface area contributed by atoms with E-state index in [2.05, 4.69) is 4.98 Å². The van der Waals surface area contributed by atoms with Gasteiger partial charge in [0, 0.05) is 18.5 Å². The Morgan fingerprint density at radius 3 is 2.57 bits per heavy atom. The first kappa shape index (κ1) is 19.8. The smallest absolute Gasteiger partial charge is 0.325 e. The average Bonchev–Trinajstić information content (AvgIpc) is 2.65. The molecule has 0 aliphatic carbocycles. The third-order valence-electron chi connectivity index (χ3n) is 4.27. The minimum absolute atomic E-state index is 0.0194. The van der Waals surface area contributed by atoms with Crippen molar-refractivity contribution in [1.29, 1.82) is 0 Å². The highest BCUT2D eigenvalue weighted by atomic mass is 32.2.